The molecule has 0 radical (unpaired) electrons. The Morgan fingerprint density at radius 3 is 2.55 bits per heavy atom. The molecule has 0 amide bonds. The molecule has 0 aliphatic carbocycles. The SMILES string of the molecule is COCCNS(=O)(=O)Nc1ccc(CC(C)(C)NC[C@H](O)c2cccnc2)cc1. The smallest absolute Gasteiger partial charge is 0.299 e. The molecule has 1 aromatic heterocycles. The van der Waals surface area contributed by atoms with Gasteiger partial charge >= 0.3 is 0 Å². The third kappa shape index (κ3) is 8.46. The van der Waals surface area contributed by atoms with Gasteiger partial charge in [-0.3, -0.25) is 9.71 Å². The van der Waals surface area contributed by atoms with E-state index in [1.807, 2.05) is 18.2 Å². The molecule has 8 nitrogen and oxygen atoms in total. The van der Waals surface area contributed by atoms with Gasteiger partial charge in [0.05, 0.1) is 12.7 Å². The maximum absolute atomic E-state index is 11.9. The van der Waals surface area contributed by atoms with Crippen molar-refractivity contribution in [3.05, 3.63) is 59.9 Å². The standard InChI is InChI=1S/C20H30N4O4S/c1-20(2,22-15-19(25)17-5-4-10-21-14-17)13-16-6-8-18(9-7-16)24-29(26,27)23-11-12-28-3/h4-10,14,19,22-25H,11-13,15H2,1-3H3/t19-/m0/s1. The Morgan fingerprint density at radius 1 is 1.21 bits per heavy atom. The molecule has 0 saturated heterocycles. The fourth-order valence-electron chi connectivity index (χ4n) is 2.80. The minimum atomic E-state index is -3.62. The van der Waals surface area contributed by atoms with Gasteiger partial charge in [0.25, 0.3) is 10.2 Å². The van der Waals surface area contributed by atoms with Crippen molar-refractivity contribution < 1.29 is 18.3 Å². The molecular weight excluding hydrogens is 392 g/mol. The molecule has 2 aromatic rings. The number of benzene rings is 1. The number of nitrogens with zero attached hydrogens (tertiary/aromatic N) is 1. The number of ether oxygens (including phenoxy) is 1. The van der Waals surface area contributed by atoms with Crippen molar-refractivity contribution >= 4 is 15.9 Å². The van der Waals surface area contributed by atoms with Gasteiger partial charge < -0.3 is 15.2 Å². The van der Waals surface area contributed by atoms with E-state index in [2.05, 4.69) is 33.6 Å². The molecule has 2 rings (SSSR count). The van der Waals surface area contributed by atoms with E-state index in [1.54, 1.807) is 30.6 Å². The number of anilines is 1. The van der Waals surface area contributed by atoms with Crippen LogP contribution in [0.1, 0.15) is 31.1 Å². The van der Waals surface area contributed by atoms with Crippen LogP contribution in [0.25, 0.3) is 0 Å². The van der Waals surface area contributed by atoms with Gasteiger partial charge in [-0.2, -0.15) is 13.1 Å². The molecule has 29 heavy (non-hydrogen) atoms. The summed E-state index contributed by atoms with van der Waals surface area (Å²) in [6, 6.07) is 10.9. The molecule has 9 heteroatoms. The summed E-state index contributed by atoms with van der Waals surface area (Å²) in [5.41, 5.74) is 2.04. The van der Waals surface area contributed by atoms with Crippen LogP contribution in [0.2, 0.25) is 0 Å². The average molecular weight is 423 g/mol. The Labute approximate surface area is 172 Å². The lowest BCUT2D eigenvalue weighted by atomic mass is 9.94. The topological polar surface area (TPSA) is 113 Å². The van der Waals surface area contributed by atoms with Crippen LogP contribution in [0.15, 0.2) is 48.8 Å². The number of aliphatic hydroxyl groups is 1. The zero-order valence-corrected chi connectivity index (χ0v) is 17.9. The summed E-state index contributed by atoms with van der Waals surface area (Å²) >= 11 is 0. The molecule has 0 unspecified atom stereocenters. The number of methoxy groups -OCH3 is 1. The van der Waals surface area contributed by atoms with Gasteiger partial charge in [-0.1, -0.05) is 18.2 Å². The monoisotopic (exact) mass is 422 g/mol. The van der Waals surface area contributed by atoms with Gasteiger partial charge in [0, 0.05) is 49.4 Å². The maximum Gasteiger partial charge on any atom is 0.299 e. The lowest BCUT2D eigenvalue weighted by molar-refractivity contribution is 0.160. The van der Waals surface area contributed by atoms with Crippen LogP contribution < -0.4 is 14.8 Å². The number of rotatable bonds is 12. The van der Waals surface area contributed by atoms with E-state index >= 15 is 0 Å². The third-order valence-electron chi connectivity index (χ3n) is 4.29. The number of aliphatic hydroxyl groups excluding tert-OH is 1. The number of nitrogens with one attached hydrogen (secondary N) is 3. The fraction of sp³-hybridized carbons (Fsp3) is 0.450. The van der Waals surface area contributed by atoms with E-state index in [-0.39, 0.29) is 12.1 Å². The predicted molar refractivity (Wildman–Crippen MR) is 114 cm³/mol. The second-order valence-corrected chi connectivity index (χ2v) is 8.93. The molecule has 1 aromatic carbocycles. The maximum atomic E-state index is 11.9. The second-order valence-electron chi connectivity index (χ2n) is 7.43. The van der Waals surface area contributed by atoms with Gasteiger partial charge in [-0.25, -0.2) is 0 Å². The normalized spacial score (nSPS) is 13.2. The van der Waals surface area contributed by atoms with Crippen molar-refractivity contribution in [3.63, 3.8) is 0 Å². The van der Waals surface area contributed by atoms with Gasteiger partial charge in [0.1, 0.15) is 0 Å². The first kappa shape index (κ1) is 23.2. The minimum Gasteiger partial charge on any atom is -0.387 e. The number of hydrogen-bond acceptors (Lipinski definition) is 6. The van der Waals surface area contributed by atoms with E-state index in [9.17, 15) is 13.5 Å². The predicted octanol–water partition coefficient (Wildman–Crippen LogP) is 1.62. The first-order chi connectivity index (χ1) is 13.7. The average Bonchev–Trinajstić information content (AvgIpc) is 2.68. The highest BCUT2D eigenvalue weighted by Crippen LogP contribution is 2.18. The Morgan fingerprint density at radius 2 is 1.93 bits per heavy atom. The summed E-state index contributed by atoms with van der Waals surface area (Å²) in [6.07, 6.45) is 3.41. The Balaban J connectivity index is 1.87. The first-order valence-electron chi connectivity index (χ1n) is 9.39. The molecule has 4 N–H and O–H groups in total. The number of aromatic nitrogens is 1. The van der Waals surface area contributed by atoms with Crippen molar-refractivity contribution in [2.45, 2.75) is 31.9 Å². The molecule has 0 fully saturated rings. The summed E-state index contributed by atoms with van der Waals surface area (Å²) in [5.74, 6) is 0. The van der Waals surface area contributed by atoms with E-state index in [0.29, 0.717) is 25.3 Å². The van der Waals surface area contributed by atoms with Crippen molar-refractivity contribution in [2.75, 3.05) is 31.5 Å². The zero-order chi connectivity index (χ0) is 21.3. The van der Waals surface area contributed by atoms with Crippen LogP contribution in [-0.2, 0) is 21.4 Å². The van der Waals surface area contributed by atoms with Gasteiger partial charge in [-0.05, 0) is 44.0 Å². The van der Waals surface area contributed by atoms with Crippen LogP contribution in [0, 0.1) is 0 Å². The molecule has 0 saturated carbocycles. The van der Waals surface area contributed by atoms with Crippen molar-refractivity contribution in [2.24, 2.45) is 0 Å². The number of hydrogen-bond donors (Lipinski definition) is 4. The highest BCUT2D eigenvalue weighted by Gasteiger charge is 2.20. The Kier molecular flexibility index (Phi) is 8.54. The lowest BCUT2D eigenvalue weighted by Crippen LogP contribution is -2.43. The number of pyridine rings is 1. The third-order valence-corrected chi connectivity index (χ3v) is 5.38. The van der Waals surface area contributed by atoms with Crippen molar-refractivity contribution in [1.82, 2.24) is 15.0 Å². The Hall–Kier alpha value is -2.04. The van der Waals surface area contributed by atoms with E-state index < -0.39 is 16.3 Å². The molecule has 0 aliphatic heterocycles. The van der Waals surface area contributed by atoms with Crippen LogP contribution in [0.5, 0.6) is 0 Å². The zero-order valence-electron chi connectivity index (χ0n) is 17.1. The summed E-state index contributed by atoms with van der Waals surface area (Å²) in [6.45, 7) is 5.02. The first-order valence-corrected chi connectivity index (χ1v) is 10.9. The van der Waals surface area contributed by atoms with E-state index in [0.717, 1.165) is 11.1 Å². The van der Waals surface area contributed by atoms with Crippen LogP contribution in [-0.4, -0.2) is 50.9 Å². The molecule has 1 heterocycles. The Bertz CT molecular complexity index is 843. The van der Waals surface area contributed by atoms with Crippen molar-refractivity contribution in [1.29, 1.82) is 0 Å². The van der Waals surface area contributed by atoms with Gasteiger partial charge in [0.2, 0.25) is 0 Å². The molecule has 0 aliphatic rings. The molecule has 1 atom stereocenters. The molecule has 0 spiro atoms. The molecule has 0 bridgehead atoms. The lowest BCUT2D eigenvalue weighted by Gasteiger charge is -2.28. The largest absolute Gasteiger partial charge is 0.387 e. The fourth-order valence-corrected chi connectivity index (χ4v) is 3.67. The van der Waals surface area contributed by atoms with Gasteiger partial charge in [-0.15, -0.1) is 0 Å². The molecule has 160 valence electrons. The summed E-state index contributed by atoms with van der Waals surface area (Å²) in [7, 11) is -2.11. The van der Waals surface area contributed by atoms with E-state index in [1.165, 1.54) is 7.11 Å². The van der Waals surface area contributed by atoms with Gasteiger partial charge in [0.15, 0.2) is 0 Å². The summed E-state index contributed by atoms with van der Waals surface area (Å²) in [4.78, 5) is 4.02. The minimum absolute atomic E-state index is 0.203. The molecular formula is C20H30N4O4S. The van der Waals surface area contributed by atoms with Crippen LogP contribution >= 0.6 is 0 Å². The van der Waals surface area contributed by atoms with E-state index in [4.69, 9.17) is 4.74 Å². The van der Waals surface area contributed by atoms with Crippen molar-refractivity contribution in [3.8, 4) is 0 Å². The summed E-state index contributed by atoms with van der Waals surface area (Å²) in [5, 5.41) is 13.7. The highest BCUT2D eigenvalue weighted by molar-refractivity contribution is 7.90. The number of β-amino-alcohol motifs (C(OH)–C–C–N with tert-alkyl or cyclic N) is 1. The van der Waals surface area contributed by atoms with Crippen LogP contribution in [0.3, 0.4) is 0 Å². The van der Waals surface area contributed by atoms with Crippen LogP contribution in [0.4, 0.5) is 5.69 Å². The quantitative estimate of drug-likeness (QED) is 0.387. The highest BCUT2D eigenvalue weighted by atomic mass is 32.2. The second kappa shape index (κ2) is 10.7. The summed E-state index contributed by atoms with van der Waals surface area (Å²) < 4.78 is 33.6.